The van der Waals surface area contributed by atoms with Gasteiger partial charge in [-0.05, 0) is 82.6 Å². The lowest BCUT2D eigenvalue weighted by molar-refractivity contribution is 0.0954. The van der Waals surface area contributed by atoms with Crippen molar-refractivity contribution in [2.45, 2.75) is 20.0 Å². The summed E-state index contributed by atoms with van der Waals surface area (Å²) in [5, 5.41) is 4.74. The van der Waals surface area contributed by atoms with Crippen LogP contribution in [0, 0.1) is 3.57 Å². The first-order chi connectivity index (χ1) is 16.9. The number of halogens is 2. The highest BCUT2D eigenvalue weighted by molar-refractivity contribution is 14.1. The van der Waals surface area contributed by atoms with Gasteiger partial charge < -0.3 is 18.9 Å². The molecule has 0 aliphatic carbocycles. The van der Waals surface area contributed by atoms with Crippen molar-refractivity contribution >= 4 is 46.3 Å². The largest absolute Gasteiger partial charge is 0.493 e. The highest BCUT2D eigenvalue weighted by Gasteiger charge is 2.13. The molecule has 0 unspecified atom stereocenters. The number of hydrogen-bond donors (Lipinski definition) is 1. The van der Waals surface area contributed by atoms with E-state index in [4.69, 9.17) is 30.5 Å². The molecule has 0 heterocycles. The fourth-order valence-corrected chi connectivity index (χ4v) is 4.10. The van der Waals surface area contributed by atoms with Gasteiger partial charge in [-0.1, -0.05) is 30.7 Å². The molecular weight excluding hydrogens is 583 g/mol. The number of nitrogens with zero attached hydrogens (tertiary/aromatic N) is 1. The maximum Gasteiger partial charge on any atom is 0.271 e. The number of hydrogen-bond acceptors (Lipinski definition) is 6. The molecule has 35 heavy (non-hydrogen) atoms. The van der Waals surface area contributed by atoms with Crippen LogP contribution >= 0.6 is 34.2 Å². The van der Waals surface area contributed by atoms with Crippen LogP contribution in [0.15, 0.2) is 59.7 Å². The number of benzene rings is 3. The number of rotatable bonds is 11. The van der Waals surface area contributed by atoms with Crippen molar-refractivity contribution in [1.29, 1.82) is 0 Å². The van der Waals surface area contributed by atoms with Gasteiger partial charge in [0, 0.05) is 10.6 Å². The Kier molecular flexibility index (Phi) is 10.0. The molecule has 1 N–H and O–H groups in total. The van der Waals surface area contributed by atoms with Gasteiger partial charge in [0.25, 0.3) is 5.91 Å². The Morgan fingerprint density at radius 1 is 1.03 bits per heavy atom. The first-order valence-electron chi connectivity index (χ1n) is 10.8. The van der Waals surface area contributed by atoms with Crippen molar-refractivity contribution in [2.75, 3.05) is 20.8 Å². The zero-order valence-electron chi connectivity index (χ0n) is 19.6. The molecule has 3 rings (SSSR count). The molecule has 7 nitrogen and oxygen atoms in total. The van der Waals surface area contributed by atoms with Gasteiger partial charge in [-0.15, -0.1) is 0 Å². The van der Waals surface area contributed by atoms with Gasteiger partial charge in [0.1, 0.15) is 6.61 Å². The topological polar surface area (TPSA) is 78.4 Å². The van der Waals surface area contributed by atoms with Gasteiger partial charge in [0.2, 0.25) is 0 Å². The quantitative estimate of drug-likeness (QED) is 0.162. The van der Waals surface area contributed by atoms with Crippen molar-refractivity contribution in [3.63, 3.8) is 0 Å². The number of methoxy groups -OCH3 is 2. The van der Waals surface area contributed by atoms with Gasteiger partial charge in [0.05, 0.1) is 30.6 Å². The highest BCUT2D eigenvalue weighted by Crippen LogP contribution is 2.34. The Hall–Kier alpha value is -2.98. The maximum absolute atomic E-state index is 12.5. The summed E-state index contributed by atoms with van der Waals surface area (Å²) in [6.45, 7) is 2.94. The minimum atomic E-state index is -0.371. The van der Waals surface area contributed by atoms with E-state index in [1.54, 1.807) is 37.6 Å². The Bertz CT molecular complexity index is 1200. The number of nitrogens with one attached hydrogen (secondary N) is 1. The molecule has 0 fully saturated rings. The predicted molar refractivity (Wildman–Crippen MR) is 145 cm³/mol. The molecule has 0 bridgehead atoms. The number of amides is 1. The minimum absolute atomic E-state index is 0.349. The second-order valence-corrected chi connectivity index (χ2v) is 8.96. The van der Waals surface area contributed by atoms with E-state index in [0.717, 1.165) is 21.1 Å². The molecule has 0 spiro atoms. The average molecular weight is 609 g/mol. The Balaban J connectivity index is 1.67. The van der Waals surface area contributed by atoms with E-state index in [1.807, 2.05) is 37.3 Å². The van der Waals surface area contributed by atoms with Crippen LogP contribution in [0.1, 0.15) is 34.8 Å². The molecule has 1 amide bonds. The number of carbonyl (C=O) groups excluding carboxylic acids is 1. The average Bonchev–Trinajstić information content (AvgIpc) is 2.86. The van der Waals surface area contributed by atoms with E-state index >= 15 is 0 Å². The van der Waals surface area contributed by atoms with Crippen LogP contribution < -0.4 is 24.4 Å². The van der Waals surface area contributed by atoms with Gasteiger partial charge in [-0.25, -0.2) is 5.43 Å². The van der Waals surface area contributed by atoms with Crippen LogP contribution in [0.2, 0.25) is 5.02 Å². The molecule has 3 aromatic carbocycles. The fourth-order valence-electron chi connectivity index (χ4n) is 3.11. The molecule has 0 saturated carbocycles. The summed E-state index contributed by atoms with van der Waals surface area (Å²) in [6, 6.07) is 16.1. The maximum atomic E-state index is 12.5. The molecule has 184 valence electrons. The summed E-state index contributed by atoms with van der Waals surface area (Å²) in [4.78, 5) is 12.5. The van der Waals surface area contributed by atoms with Gasteiger partial charge in [-0.3, -0.25) is 4.79 Å². The van der Waals surface area contributed by atoms with Crippen LogP contribution in [-0.4, -0.2) is 32.9 Å². The summed E-state index contributed by atoms with van der Waals surface area (Å²) in [6.07, 6.45) is 2.41. The second kappa shape index (κ2) is 13.2. The van der Waals surface area contributed by atoms with Crippen molar-refractivity contribution < 1.29 is 23.7 Å². The normalized spacial score (nSPS) is 10.8. The van der Waals surface area contributed by atoms with E-state index in [-0.39, 0.29) is 5.91 Å². The Morgan fingerprint density at radius 3 is 2.54 bits per heavy atom. The van der Waals surface area contributed by atoms with Gasteiger partial charge >= 0.3 is 0 Å². The predicted octanol–water partition coefficient (Wildman–Crippen LogP) is 6.09. The molecule has 0 radical (unpaired) electrons. The third kappa shape index (κ3) is 7.50. The zero-order chi connectivity index (χ0) is 25.2. The van der Waals surface area contributed by atoms with Crippen LogP contribution in [0.25, 0.3) is 0 Å². The summed E-state index contributed by atoms with van der Waals surface area (Å²) in [5.74, 6) is 1.88. The van der Waals surface area contributed by atoms with Crippen LogP contribution in [0.3, 0.4) is 0 Å². The number of hydrazone groups is 1. The Labute approximate surface area is 223 Å². The van der Waals surface area contributed by atoms with Gasteiger partial charge in [0.15, 0.2) is 23.0 Å². The van der Waals surface area contributed by atoms with Crippen molar-refractivity contribution in [1.82, 2.24) is 5.43 Å². The summed E-state index contributed by atoms with van der Waals surface area (Å²) >= 11 is 8.22. The Morgan fingerprint density at radius 2 is 1.83 bits per heavy atom. The minimum Gasteiger partial charge on any atom is -0.493 e. The molecule has 0 aliphatic heterocycles. The lowest BCUT2D eigenvalue weighted by Crippen LogP contribution is -2.17. The lowest BCUT2D eigenvalue weighted by Gasteiger charge is -2.14. The smallest absolute Gasteiger partial charge is 0.271 e. The summed E-state index contributed by atoms with van der Waals surface area (Å²) in [5.41, 5.74) is 4.62. The molecule has 0 atom stereocenters. The summed E-state index contributed by atoms with van der Waals surface area (Å²) in [7, 11) is 3.10. The zero-order valence-corrected chi connectivity index (χ0v) is 22.6. The van der Waals surface area contributed by atoms with Crippen LogP contribution in [-0.2, 0) is 6.61 Å². The number of carbonyl (C=O) groups is 1. The monoisotopic (exact) mass is 608 g/mol. The number of ether oxygens (including phenoxy) is 4. The van der Waals surface area contributed by atoms with Crippen LogP contribution in [0.4, 0.5) is 0 Å². The van der Waals surface area contributed by atoms with E-state index in [9.17, 15) is 4.79 Å². The van der Waals surface area contributed by atoms with Gasteiger partial charge in [-0.2, -0.15) is 5.10 Å². The van der Waals surface area contributed by atoms with E-state index in [1.165, 1.54) is 7.11 Å². The van der Waals surface area contributed by atoms with E-state index in [2.05, 4.69) is 33.1 Å². The SMILES string of the molecule is CCCOc1ccc(C(=O)N/N=C/c2cc(I)c(OCc3cccc(Cl)c3)c(OC)c2)cc1OC. The van der Waals surface area contributed by atoms with E-state index in [0.29, 0.717) is 46.8 Å². The molecule has 9 heteroatoms. The summed E-state index contributed by atoms with van der Waals surface area (Å²) < 4.78 is 23.3. The van der Waals surface area contributed by atoms with E-state index < -0.39 is 0 Å². The third-order valence-electron chi connectivity index (χ3n) is 4.79. The second-order valence-electron chi connectivity index (χ2n) is 7.37. The third-order valence-corrected chi connectivity index (χ3v) is 5.83. The molecule has 3 aromatic rings. The first-order valence-corrected chi connectivity index (χ1v) is 12.3. The standard InChI is InChI=1S/C26H26ClIN2O5/c1-4-10-34-22-9-8-19(14-23(22)32-2)26(31)30-29-15-18-12-21(28)25(24(13-18)33-3)35-16-17-6-5-7-20(27)11-17/h5-9,11-15H,4,10,16H2,1-3H3,(H,30,31)/b29-15+. The molecule has 0 aromatic heterocycles. The lowest BCUT2D eigenvalue weighted by atomic mass is 10.2. The molecule has 0 aliphatic rings. The van der Waals surface area contributed by atoms with Crippen molar-refractivity contribution in [3.05, 3.63) is 79.9 Å². The highest BCUT2D eigenvalue weighted by atomic mass is 127. The van der Waals surface area contributed by atoms with Crippen molar-refractivity contribution in [2.24, 2.45) is 5.10 Å². The molecular formula is C26H26ClIN2O5. The fraction of sp³-hybridized carbons (Fsp3) is 0.231. The van der Waals surface area contributed by atoms with Crippen molar-refractivity contribution in [3.8, 4) is 23.0 Å². The first kappa shape index (κ1) is 26.6. The van der Waals surface area contributed by atoms with Crippen LogP contribution in [0.5, 0.6) is 23.0 Å². The molecule has 0 saturated heterocycles.